The third-order valence-corrected chi connectivity index (χ3v) is 5.10. The van der Waals surface area contributed by atoms with Crippen LogP contribution in [0.4, 0.5) is 0 Å². The van der Waals surface area contributed by atoms with E-state index in [1.165, 1.54) is 12.0 Å². The quantitative estimate of drug-likeness (QED) is 0.856. The van der Waals surface area contributed by atoms with Crippen molar-refractivity contribution in [2.45, 2.75) is 44.9 Å². The highest BCUT2D eigenvalue weighted by molar-refractivity contribution is 5.78. The van der Waals surface area contributed by atoms with Crippen molar-refractivity contribution in [1.82, 2.24) is 24.5 Å². The van der Waals surface area contributed by atoms with Gasteiger partial charge in [0, 0.05) is 26.2 Å². The first kappa shape index (κ1) is 16.1. The highest BCUT2D eigenvalue weighted by Gasteiger charge is 2.26. The van der Waals surface area contributed by atoms with Gasteiger partial charge in [-0.25, -0.2) is 0 Å². The Kier molecular flexibility index (Phi) is 4.17. The summed E-state index contributed by atoms with van der Waals surface area (Å²) in [6, 6.07) is 3.68. The van der Waals surface area contributed by atoms with Crippen molar-refractivity contribution in [2.75, 3.05) is 6.54 Å². The minimum absolute atomic E-state index is 0.189. The molecule has 1 atom stereocenters. The number of allylic oxidation sites excluding steroid dienone is 1. The maximum Gasteiger partial charge on any atom is 0.227 e. The third kappa shape index (κ3) is 3.11. The van der Waals surface area contributed by atoms with E-state index >= 15 is 0 Å². The number of hydrogen-bond donors (Lipinski definition) is 1. The number of carbonyl (C=O) groups excluding carboxylic acids is 1. The minimum Gasteiger partial charge on any atom is -0.380 e. The molecule has 0 radical (unpaired) electrons. The molecule has 1 unspecified atom stereocenters. The second-order valence-corrected chi connectivity index (χ2v) is 6.81. The van der Waals surface area contributed by atoms with Gasteiger partial charge < -0.3 is 10.0 Å². The first-order valence-corrected chi connectivity index (χ1v) is 8.80. The minimum atomic E-state index is -0.807. The number of aliphatic hydroxyl groups is 1. The van der Waals surface area contributed by atoms with E-state index in [4.69, 9.17) is 0 Å². The smallest absolute Gasteiger partial charge is 0.227 e. The summed E-state index contributed by atoms with van der Waals surface area (Å²) in [5.41, 5.74) is 3.55. The summed E-state index contributed by atoms with van der Waals surface area (Å²) in [5.74, 6) is 0.189. The lowest BCUT2D eigenvalue weighted by atomic mass is 10.1. The molecule has 2 aliphatic rings. The highest BCUT2D eigenvalue weighted by atomic mass is 16.3. The van der Waals surface area contributed by atoms with Gasteiger partial charge >= 0.3 is 0 Å². The van der Waals surface area contributed by atoms with Gasteiger partial charge in [-0.05, 0) is 31.4 Å². The monoisotopic (exact) mass is 341 g/mol. The van der Waals surface area contributed by atoms with Gasteiger partial charge in [-0.3, -0.25) is 14.2 Å². The number of rotatable bonds is 4. The van der Waals surface area contributed by atoms with Gasteiger partial charge in [0.2, 0.25) is 5.91 Å². The molecule has 2 aromatic rings. The number of aryl methyl sites for hydroxylation is 1. The van der Waals surface area contributed by atoms with Crippen LogP contribution in [0, 0.1) is 0 Å². The van der Waals surface area contributed by atoms with Crippen LogP contribution < -0.4 is 0 Å². The van der Waals surface area contributed by atoms with Crippen LogP contribution in [0.5, 0.6) is 0 Å². The van der Waals surface area contributed by atoms with Crippen molar-refractivity contribution in [1.29, 1.82) is 0 Å². The van der Waals surface area contributed by atoms with Crippen LogP contribution in [0.25, 0.3) is 0 Å². The van der Waals surface area contributed by atoms with E-state index in [-0.39, 0.29) is 5.91 Å². The Labute approximate surface area is 146 Å². The molecule has 4 rings (SSSR count). The molecule has 3 heterocycles. The number of hydrogen-bond acceptors (Lipinski definition) is 4. The van der Waals surface area contributed by atoms with Crippen molar-refractivity contribution in [2.24, 2.45) is 7.05 Å². The summed E-state index contributed by atoms with van der Waals surface area (Å²) in [5, 5.41) is 19.2. The first-order chi connectivity index (χ1) is 12.1. The van der Waals surface area contributed by atoms with Gasteiger partial charge in [0.05, 0.1) is 30.2 Å². The summed E-state index contributed by atoms with van der Waals surface area (Å²) >= 11 is 0. The Bertz CT molecular complexity index is 819. The maximum atomic E-state index is 12.5. The van der Waals surface area contributed by atoms with Gasteiger partial charge in [-0.1, -0.05) is 11.6 Å². The summed E-state index contributed by atoms with van der Waals surface area (Å²) in [6.45, 7) is 1.89. The predicted molar refractivity (Wildman–Crippen MR) is 91.5 cm³/mol. The van der Waals surface area contributed by atoms with E-state index in [9.17, 15) is 9.90 Å². The fourth-order valence-electron chi connectivity index (χ4n) is 3.64. The molecular weight excluding hydrogens is 318 g/mol. The summed E-state index contributed by atoms with van der Waals surface area (Å²) in [6.07, 6.45) is 6.92. The Morgan fingerprint density at radius 1 is 1.40 bits per heavy atom. The van der Waals surface area contributed by atoms with Crippen LogP contribution in [0.15, 0.2) is 30.0 Å². The van der Waals surface area contributed by atoms with Crippen LogP contribution >= 0.6 is 0 Å². The molecule has 2 aromatic heterocycles. The van der Waals surface area contributed by atoms with Crippen LogP contribution in [-0.4, -0.2) is 42.0 Å². The summed E-state index contributed by atoms with van der Waals surface area (Å²) in [4.78, 5) is 14.4. The number of amides is 1. The second kappa shape index (κ2) is 6.48. The van der Waals surface area contributed by atoms with Gasteiger partial charge in [-0.2, -0.15) is 10.2 Å². The number of aromatic nitrogens is 4. The van der Waals surface area contributed by atoms with Crippen LogP contribution in [0.1, 0.15) is 48.9 Å². The maximum absolute atomic E-state index is 12.5. The van der Waals surface area contributed by atoms with Crippen LogP contribution in [0.2, 0.25) is 0 Å². The largest absolute Gasteiger partial charge is 0.380 e. The zero-order valence-electron chi connectivity index (χ0n) is 14.4. The lowest BCUT2D eigenvalue weighted by Gasteiger charge is -2.28. The van der Waals surface area contributed by atoms with Crippen molar-refractivity contribution in [3.05, 3.63) is 47.1 Å². The number of carbonyl (C=O) groups is 1. The molecule has 1 aliphatic heterocycles. The molecule has 25 heavy (non-hydrogen) atoms. The molecule has 1 aliphatic carbocycles. The van der Waals surface area contributed by atoms with E-state index < -0.39 is 6.10 Å². The molecule has 1 amide bonds. The highest BCUT2D eigenvalue weighted by Crippen LogP contribution is 2.25. The third-order valence-electron chi connectivity index (χ3n) is 5.10. The van der Waals surface area contributed by atoms with E-state index in [2.05, 4.69) is 16.3 Å². The molecule has 0 saturated heterocycles. The van der Waals surface area contributed by atoms with Gasteiger partial charge in [0.15, 0.2) is 0 Å². The molecule has 132 valence electrons. The molecule has 0 spiro atoms. The lowest BCUT2D eigenvalue weighted by molar-refractivity contribution is -0.132. The topological polar surface area (TPSA) is 76.2 Å². The average molecular weight is 341 g/mol. The fraction of sp³-hybridized carbons (Fsp3) is 0.500. The standard InChI is InChI=1S/C18H23N5O2/c1-21-16(6-7-19-21)18(25)15-11-14-12-22(8-9-23(14)20-15)17(24)10-13-4-2-3-5-13/h4,6-7,11,18,25H,2-3,5,8-10,12H2,1H3. The van der Waals surface area contributed by atoms with E-state index in [1.807, 2.05) is 15.6 Å². The molecule has 0 saturated carbocycles. The second-order valence-electron chi connectivity index (χ2n) is 6.81. The predicted octanol–water partition coefficient (Wildman–Crippen LogP) is 1.54. The average Bonchev–Trinajstić information content (AvgIpc) is 3.33. The molecule has 0 aromatic carbocycles. The molecule has 0 bridgehead atoms. The fourth-order valence-corrected chi connectivity index (χ4v) is 3.64. The van der Waals surface area contributed by atoms with Crippen LogP contribution in [-0.2, 0) is 24.9 Å². The Morgan fingerprint density at radius 2 is 2.28 bits per heavy atom. The molecule has 0 fully saturated rings. The molecular formula is C18H23N5O2. The van der Waals surface area contributed by atoms with Crippen molar-refractivity contribution < 1.29 is 9.90 Å². The van der Waals surface area contributed by atoms with Crippen molar-refractivity contribution >= 4 is 5.91 Å². The Hall–Kier alpha value is -2.41. The van der Waals surface area contributed by atoms with Crippen LogP contribution in [0.3, 0.4) is 0 Å². The number of fused-ring (bicyclic) bond motifs is 1. The summed E-state index contributed by atoms with van der Waals surface area (Å²) in [7, 11) is 1.80. The number of nitrogens with zero attached hydrogens (tertiary/aromatic N) is 5. The lowest BCUT2D eigenvalue weighted by Crippen LogP contribution is -2.38. The van der Waals surface area contributed by atoms with E-state index in [1.54, 1.807) is 24.0 Å². The zero-order chi connectivity index (χ0) is 17.4. The van der Waals surface area contributed by atoms with Gasteiger partial charge in [0.1, 0.15) is 6.10 Å². The van der Waals surface area contributed by atoms with E-state index in [0.717, 1.165) is 18.5 Å². The Morgan fingerprint density at radius 3 is 3.00 bits per heavy atom. The zero-order valence-corrected chi connectivity index (χ0v) is 14.4. The summed E-state index contributed by atoms with van der Waals surface area (Å²) < 4.78 is 3.54. The van der Waals surface area contributed by atoms with Gasteiger partial charge in [-0.15, -0.1) is 0 Å². The van der Waals surface area contributed by atoms with Gasteiger partial charge in [0.25, 0.3) is 0 Å². The first-order valence-electron chi connectivity index (χ1n) is 8.80. The molecule has 7 nitrogen and oxygen atoms in total. The molecule has 1 N–H and O–H groups in total. The SMILES string of the molecule is Cn1nccc1C(O)c1cc2n(n1)CCN(C(=O)CC1=CCCC1)C2. The van der Waals surface area contributed by atoms with Crippen molar-refractivity contribution in [3.8, 4) is 0 Å². The molecule has 7 heteroatoms. The van der Waals surface area contributed by atoms with Crippen molar-refractivity contribution in [3.63, 3.8) is 0 Å². The normalized spacial score (nSPS) is 18.2. The Balaban J connectivity index is 1.47. The number of aliphatic hydroxyl groups excluding tert-OH is 1. The van der Waals surface area contributed by atoms with E-state index in [0.29, 0.717) is 37.4 Å².